The first kappa shape index (κ1) is 19.6. The van der Waals surface area contributed by atoms with Gasteiger partial charge in [-0.25, -0.2) is 0 Å². The maximum atomic E-state index is 6.39. The Morgan fingerprint density at radius 1 is 0.600 bits per heavy atom. The van der Waals surface area contributed by atoms with Gasteiger partial charge >= 0.3 is 0 Å². The summed E-state index contributed by atoms with van der Waals surface area (Å²) in [5.41, 5.74) is 5.52. The van der Waals surface area contributed by atoms with E-state index in [9.17, 15) is 0 Å². The van der Waals surface area contributed by atoms with E-state index >= 15 is 0 Å². The van der Waals surface area contributed by atoms with E-state index in [1.54, 1.807) is 0 Å². The molecule has 0 unspecified atom stereocenters. The average molecular weight is 339 g/mol. The molecular formula is C24H34O. The van der Waals surface area contributed by atoms with Crippen molar-refractivity contribution in [2.45, 2.75) is 79.1 Å². The van der Waals surface area contributed by atoms with Gasteiger partial charge in [0.05, 0.1) is 0 Å². The summed E-state index contributed by atoms with van der Waals surface area (Å²) >= 11 is 0. The summed E-state index contributed by atoms with van der Waals surface area (Å²) in [6.45, 7) is 18.0. The van der Waals surface area contributed by atoms with Crippen molar-refractivity contribution in [2.75, 3.05) is 0 Å². The molecule has 2 rings (SSSR count). The molecule has 0 aliphatic rings. The van der Waals surface area contributed by atoms with Gasteiger partial charge in [0.1, 0.15) is 11.5 Å². The molecule has 0 radical (unpaired) electrons. The molecule has 0 bridgehead atoms. The minimum Gasteiger partial charge on any atom is -0.457 e. The van der Waals surface area contributed by atoms with E-state index in [1.807, 2.05) is 0 Å². The normalized spacial score (nSPS) is 11.8. The second kappa shape index (κ2) is 8.08. The number of hydrogen-bond acceptors (Lipinski definition) is 1. The van der Waals surface area contributed by atoms with Gasteiger partial charge in [-0.3, -0.25) is 0 Å². The van der Waals surface area contributed by atoms with Gasteiger partial charge in [0, 0.05) is 5.56 Å². The Hall–Kier alpha value is -1.76. The van der Waals surface area contributed by atoms with Gasteiger partial charge in [-0.15, -0.1) is 0 Å². The molecule has 136 valence electrons. The quantitative estimate of drug-likeness (QED) is 0.519. The summed E-state index contributed by atoms with van der Waals surface area (Å²) in [5, 5.41) is 0. The molecule has 0 atom stereocenters. The van der Waals surface area contributed by atoms with Crippen molar-refractivity contribution in [3.05, 3.63) is 58.7 Å². The monoisotopic (exact) mass is 338 g/mol. The van der Waals surface area contributed by atoms with Gasteiger partial charge < -0.3 is 4.74 Å². The Morgan fingerprint density at radius 3 is 1.72 bits per heavy atom. The maximum absolute atomic E-state index is 6.39. The zero-order chi connectivity index (χ0) is 18.7. The summed E-state index contributed by atoms with van der Waals surface area (Å²) in [5.74, 6) is 3.89. The highest BCUT2D eigenvalue weighted by molar-refractivity contribution is 5.47. The Balaban J connectivity index is 2.47. The van der Waals surface area contributed by atoms with Crippen molar-refractivity contribution in [3.8, 4) is 11.5 Å². The third-order valence-corrected chi connectivity index (χ3v) is 4.83. The summed E-state index contributed by atoms with van der Waals surface area (Å²) in [6, 6.07) is 13.0. The summed E-state index contributed by atoms with van der Waals surface area (Å²) in [7, 11) is 0. The van der Waals surface area contributed by atoms with Crippen molar-refractivity contribution in [1.82, 2.24) is 0 Å². The molecule has 2 aromatic carbocycles. The lowest BCUT2D eigenvalue weighted by Gasteiger charge is -2.22. The molecule has 1 nitrogen and oxygen atoms in total. The van der Waals surface area contributed by atoms with E-state index in [2.05, 4.69) is 91.8 Å². The fourth-order valence-electron chi connectivity index (χ4n) is 3.54. The molecular weight excluding hydrogens is 304 g/mol. The van der Waals surface area contributed by atoms with E-state index in [1.165, 1.54) is 22.3 Å². The maximum Gasteiger partial charge on any atom is 0.131 e. The summed E-state index contributed by atoms with van der Waals surface area (Å²) in [4.78, 5) is 0. The zero-order valence-corrected chi connectivity index (χ0v) is 17.2. The molecule has 0 saturated carbocycles. The molecule has 0 aromatic heterocycles. The van der Waals surface area contributed by atoms with Crippen LogP contribution in [0.25, 0.3) is 0 Å². The molecule has 25 heavy (non-hydrogen) atoms. The Labute approximate surface area is 154 Å². The summed E-state index contributed by atoms with van der Waals surface area (Å²) in [6.07, 6.45) is 0. The lowest BCUT2D eigenvalue weighted by molar-refractivity contribution is 0.469. The van der Waals surface area contributed by atoms with Crippen LogP contribution in [0, 0.1) is 0 Å². The topological polar surface area (TPSA) is 9.23 Å². The van der Waals surface area contributed by atoms with Crippen LogP contribution in [0.5, 0.6) is 11.5 Å². The van der Waals surface area contributed by atoms with Crippen LogP contribution in [0.1, 0.15) is 101 Å². The standard InChI is InChI=1S/C24H34O/c1-15(2)20-13-12-19(14-22(20)17(5)6)25-23-11-9-10-21(16(3)4)24(23)18(7)8/h9-18H,1-8H3. The first-order valence-corrected chi connectivity index (χ1v) is 9.66. The third kappa shape index (κ3) is 4.45. The van der Waals surface area contributed by atoms with Crippen molar-refractivity contribution in [3.63, 3.8) is 0 Å². The zero-order valence-electron chi connectivity index (χ0n) is 17.2. The van der Waals surface area contributed by atoms with Gasteiger partial charge in [-0.2, -0.15) is 0 Å². The molecule has 2 aromatic rings. The van der Waals surface area contributed by atoms with Crippen molar-refractivity contribution < 1.29 is 4.74 Å². The fraction of sp³-hybridized carbons (Fsp3) is 0.500. The van der Waals surface area contributed by atoms with Crippen LogP contribution in [0.15, 0.2) is 36.4 Å². The minimum absolute atomic E-state index is 0.438. The molecule has 0 aliphatic carbocycles. The van der Waals surface area contributed by atoms with Gasteiger partial charge in [0.2, 0.25) is 0 Å². The number of rotatable bonds is 6. The molecule has 0 spiro atoms. The van der Waals surface area contributed by atoms with E-state index in [-0.39, 0.29) is 0 Å². The van der Waals surface area contributed by atoms with Crippen LogP contribution in [-0.2, 0) is 0 Å². The number of benzene rings is 2. The highest BCUT2D eigenvalue weighted by atomic mass is 16.5. The van der Waals surface area contributed by atoms with E-state index in [0.717, 1.165) is 11.5 Å². The molecule has 0 amide bonds. The van der Waals surface area contributed by atoms with Crippen LogP contribution in [-0.4, -0.2) is 0 Å². The van der Waals surface area contributed by atoms with Crippen LogP contribution in [0.4, 0.5) is 0 Å². The summed E-state index contributed by atoms with van der Waals surface area (Å²) < 4.78 is 6.39. The van der Waals surface area contributed by atoms with E-state index < -0.39 is 0 Å². The highest BCUT2D eigenvalue weighted by Crippen LogP contribution is 2.38. The highest BCUT2D eigenvalue weighted by Gasteiger charge is 2.17. The molecule has 0 N–H and O–H groups in total. The van der Waals surface area contributed by atoms with Gasteiger partial charge in [-0.1, -0.05) is 73.6 Å². The smallest absolute Gasteiger partial charge is 0.131 e. The van der Waals surface area contributed by atoms with Crippen LogP contribution in [0.3, 0.4) is 0 Å². The third-order valence-electron chi connectivity index (χ3n) is 4.83. The first-order chi connectivity index (χ1) is 11.7. The Morgan fingerprint density at radius 2 is 1.20 bits per heavy atom. The largest absolute Gasteiger partial charge is 0.457 e. The second-order valence-electron chi connectivity index (χ2n) is 8.27. The Bertz CT molecular complexity index is 708. The van der Waals surface area contributed by atoms with Crippen LogP contribution in [0.2, 0.25) is 0 Å². The average Bonchev–Trinajstić information content (AvgIpc) is 2.53. The van der Waals surface area contributed by atoms with Gasteiger partial charge in [-0.05, 0) is 58.6 Å². The molecule has 0 aliphatic heterocycles. The van der Waals surface area contributed by atoms with Crippen LogP contribution >= 0.6 is 0 Å². The minimum atomic E-state index is 0.438. The van der Waals surface area contributed by atoms with Crippen molar-refractivity contribution in [1.29, 1.82) is 0 Å². The lowest BCUT2D eigenvalue weighted by Crippen LogP contribution is -2.03. The van der Waals surface area contributed by atoms with E-state index in [0.29, 0.717) is 23.7 Å². The molecule has 0 fully saturated rings. The molecule has 0 heterocycles. The second-order valence-corrected chi connectivity index (χ2v) is 8.27. The van der Waals surface area contributed by atoms with Gasteiger partial charge in [0.25, 0.3) is 0 Å². The number of hydrogen-bond donors (Lipinski definition) is 0. The number of ether oxygens (including phenoxy) is 1. The predicted octanol–water partition coefficient (Wildman–Crippen LogP) is 7.97. The van der Waals surface area contributed by atoms with Crippen molar-refractivity contribution >= 4 is 0 Å². The molecule has 0 saturated heterocycles. The predicted molar refractivity (Wildman–Crippen MR) is 109 cm³/mol. The fourth-order valence-corrected chi connectivity index (χ4v) is 3.54. The first-order valence-electron chi connectivity index (χ1n) is 9.66. The van der Waals surface area contributed by atoms with E-state index in [4.69, 9.17) is 4.74 Å². The molecule has 1 heteroatoms. The lowest BCUT2D eigenvalue weighted by atomic mass is 9.89. The SMILES string of the molecule is CC(C)c1ccc(Oc2cccc(C(C)C)c2C(C)C)cc1C(C)C. The Kier molecular flexibility index (Phi) is 6.32. The van der Waals surface area contributed by atoms with Crippen molar-refractivity contribution in [2.24, 2.45) is 0 Å². The van der Waals surface area contributed by atoms with Crippen LogP contribution < -0.4 is 4.74 Å². The van der Waals surface area contributed by atoms with Gasteiger partial charge in [0.15, 0.2) is 0 Å².